The van der Waals surface area contributed by atoms with Crippen LogP contribution >= 0.6 is 11.3 Å². The summed E-state index contributed by atoms with van der Waals surface area (Å²) in [5.74, 6) is -0.692. The number of benzene rings is 3. The molecule has 0 radical (unpaired) electrons. The monoisotopic (exact) mass is 483 g/mol. The molecule has 0 amide bonds. The molecule has 1 heterocycles. The highest BCUT2D eigenvalue weighted by atomic mass is 32.1. The van der Waals surface area contributed by atoms with E-state index < -0.39 is 11.5 Å². The summed E-state index contributed by atoms with van der Waals surface area (Å²) in [7, 11) is 0. The van der Waals surface area contributed by atoms with E-state index in [9.17, 15) is 9.90 Å². The van der Waals surface area contributed by atoms with Crippen LogP contribution in [0.4, 0.5) is 5.13 Å². The Morgan fingerprint density at radius 3 is 1.91 bits per heavy atom. The maximum atomic E-state index is 11.9. The molecule has 1 aliphatic carbocycles. The highest BCUT2D eigenvalue weighted by molar-refractivity contribution is 7.14. The van der Waals surface area contributed by atoms with Gasteiger partial charge in [-0.3, -0.25) is 0 Å². The first-order valence-electron chi connectivity index (χ1n) is 11.5. The number of carboxylic acid groups (broad SMARTS) is 1. The zero-order valence-corrected chi connectivity index (χ0v) is 19.8. The average Bonchev–Trinajstić information content (AvgIpc) is 3.62. The smallest absolute Gasteiger partial charge is 0.360 e. The Bertz CT molecular complexity index is 1210. The lowest BCUT2D eigenvalue weighted by molar-refractivity contribution is -0.129. The SMILES string of the molecule is O=C(O)C(=NOCC1CC1)c1csc(NC(c2ccccc2)(c2ccccc2)c2ccccc2)n1. The second kappa shape index (κ2) is 10.1. The molecule has 1 fully saturated rings. The molecule has 5 rings (SSSR count). The summed E-state index contributed by atoms with van der Waals surface area (Å²) in [5.41, 5.74) is 2.43. The van der Waals surface area contributed by atoms with Crippen molar-refractivity contribution in [3.63, 3.8) is 0 Å². The first-order chi connectivity index (χ1) is 17.2. The lowest BCUT2D eigenvalue weighted by Crippen LogP contribution is -2.38. The molecule has 3 aromatic carbocycles. The molecule has 0 bridgehead atoms. The molecule has 4 aromatic rings. The molecule has 176 valence electrons. The van der Waals surface area contributed by atoms with Gasteiger partial charge in [0, 0.05) is 5.38 Å². The summed E-state index contributed by atoms with van der Waals surface area (Å²) in [6, 6.07) is 30.5. The maximum Gasteiger partial charge on any atom is 0.360 e. The van der Waals surface area contributed by atoms with Gasteiger partial charge in [-0.05, 0) is 35.4 Å². The van der Waals surface area contributed by atoms with E-state index in [1.54, 1.807) is 5.38 Å². The Morgan fingerprint density at radius 1 is 0.943 bits per heavy atom. The van der Waals surface area contributed by atoms with Crippen LogP contribution in [0, 0.1) is 5.92 Å². The molecule has 0 atom stereocenters. The third kappa shape index (κ3) is 4.95. The average molecular weight is 484 g/mol. The van der Waals surface area contributed by atoms with E-state index in [0.717, 1.165) is 29.5 Å². The van der Waals surface area contributed by atoms with Crippen molar-refractivity contribution in [1.29, 1.82) is 0 Å². The van der Waals surface area contributed by atoms with E-state index in [0.29, 0.717) is 17.7 Å². The van der Waals surface area contributed by atoms with Crippen molar-refractivity contribution < 1.29 is 14.7 Å². The fourth-order valence-corrected chi connectivity index (χ4v) is 4.82. The summed E-state index contributed by atoms with van der Waals surface area (Å²) in [5, 5.41) is 19.5. The first kappa shape index (κ1) is 22.8. The van der Waals surface area contributed by atoms with Crippen molar-refractivity contribution in [2.45, 2.75) is 18.4 Å². The van der Waals surface area contributed by atoms with Gasteiger partial charge in [-0.2, -0.15) is 0 Å². The number of anilines is 1. The third-order valence-corrected chi connectivity index (χ3v) is 6.78. The van der Waals surface area contributed by atoms with Gasteiger partial charge in [-0.25, -0.2) is 9.78 Å². The van der Waals surface area contributed by atoms with Gasteiger partial charge in [-0.15, -0.1) is 11.3 Å². The number of hydrogen-bond donors (Lipinski definition) is 2. The minimum atomic E-state index is -1.17. The van der Waals surface area contributed by atoms with Crippen molar-refractivity contribution in [1.82, 2.24) is 4.98 Å². The number of rotatable bonds is 10. The summed E-state index contributed by atoms with van der Waals surface area (Å²) in [6.45, 7) is 0.436. The molecular formula is C28H25N3O3S. The van der Waals surface area contributed by atoms with Crippen LogP contribution in [0.2, 0.25) is 0 Å². The van der Waals surface area contributed by atoms with Gasteiger partial charge in [0.05, 0.1) is 0 Å². The van der Waals surface area contributed by atoms with Crippen LogP contribution in [-0.2, 0) is 15.2 Å². The number of nitrogens with one attached hydrogen (secondary N) is 1. The second-order valence-electron chi connectivity index (χ2n) is 8.50. The van der Waals surface area contributed by atoms with Crippen LogP contribution in [0.25, 0.3) is 0 Å². The van der Waals surface area contributed by atoms with Crippen molar-refractivity contribution >= 4 is 28.1 Å². The van der Waals surface area contributed by atoms with Gasteiger partial charge in [0.25, 0.3) is 0 Å². The Morgan fingerprint density at radius 2 is 1.46 bits per heavy atom. The van der Waals surface area contributed by atoms with Crippen LogP contribution < -0.4 is 5.32 Å². The van der Waals surface area contributed by atoms with E-state index in [4.69, 9.17) is 4.84 Å². The molecule has 0 saturated heterocycles. The minimum absolute atomic E-state index is 0.195. The fraction of sp³-hybridized carbons (Fsp3) is 0.179. The van der Waals surface area contributed by atoms with Crippen molar-refractivity contribution in [3.05, 3.63) is 119 Å². The van der Waals surface area contributed by atoms with Gasteiger partial charge in [-0.1, -0.05) is 96.2 Å². The summed E-state index contributed by atoms with van der Waals surface area (Å²) in [6.07, 6.45) is 2.20. The number of oxime groups is 1. The maximum absolute atomic E-state index is 11.9. The number of aliphatic carboxylic acids is 1. The van der Waals surface area contributed by atoms with Gasteiger partial charge in [0.15, 0.2) is 5.13 Å². The third-order valence-electron chi connectivity index (χ3n) is 6.03. The second-order valence-corrected chi connectivity index (χ2v) is 9.35. The van der Waals surface area contributed by atoms with Crippen LogP contribution in [0.5, 0.6) is 0 Å². The van der Waals surface area contributed by atoms with Gasteiger partial charge >= 0.3 is 5.97 Å². The number of carbonyl (C=O) groups is 1. The lowest BCUT2D eigenvalue weighted by atomic mass is 9.77. The van der Waals surface area contributed by atoms with E-state index >= 15 is 0 Å². The van der Waals surface area contributed by atoms with Crippen LogP contribution in [-0.4, -0.2) is 28.4 Å². The van der Waals surface area contributed by atoms with E-state index in [-0.39, 0.29) is 11.4 Å². The quantitative estimate of drug-likeness (QED) is 0.170. The lowest BCUT2D eigenvalue weighted by Gasteiger charge is -2.36. The largest absolute Gasteiger partial charge is 0.476 e. The van der Waals surface area contributed by atoms with Gasteiger partial charge < -0.3 is 15.3 Å². The minimum Gasteiger partial charge on any atom is -0.476 e. The zero-order valence-electron chi connectivity index (χ0n) is 19.0. The topological polar surface area (TPSA) is 83.8 Å². The predicted molar refractivity (Wildman–Crippen MR) is 138 cm³/mol. The molecular weight excluding hydrogens is 458 g/mol. The van der Waals surface area contributed by atoms with Crippen molar-refractivity contribution in [2.24, 2.45) is 11.1 Å². The molecule has 0 unspecified atom stereocenters. The Kier molecular flexibility index (Phi) is 6.59. The van der Waals surface area contributed by atoms with Crippen LogP contribution in [0.1, 0.15) is 35.2 Å². The van der Waals surface area contributed by atoms with Crippen molar-refractivity contribution in [3.8, 4) is 0 Å². The van der Waals surface area contributed by atoms with E-state index in [1.807, 2.05) is 54.6 Å². The number of carboxylic acids is 1. The highest BCUT2D eigenvalue weighted by Gasteiger charge is 2.37. The van der Waals surface area contributed by atoms with Crippen LogP contribution in [0.3, 0.4) is 0 Å². The zero-order chi connectivity index (χ0) is 24.1. The van der Waals surface area contributed by atoms with Crippen LogP contribution in [0.15, 0.2) is 102 Å². The fourth-order valence-electron chi connectivity index (χ4n) is 4.07. The number of thiazole rings is 1. The molecule has 0 spiro atoms. The van der Waals surface area contributed by atoms with Gasteiger partial charge in [0.1, 0.15) is 17.8 Å². The first-order valence-corrected chi connectivity index (χ1v) is 12.4. The normalized spacial score (nSPS) is 13.9. The molecule has 1 aromatic heterocycles. The standard InChI is InChI=1S/C28H25N3O3S/c32-26(33)25(31-34-18-20-16-17-20)24-19-35-27(29-24)30-28(21-10-4-1-5-11-21,22-12-6-2-7-13-22)23-14-8-3-9-15-23/h1-15,19-20H,16-18H2,(H,29,30)(H,32,33). The molecule has 7 heteroatoms. The Hall–Kier alpha value is -3.97. The summed E-state index contributed by atoms with van der Waals surface area (Å²) in [4.78, 5) is 21.8. The van der Waals surface area contributed by atoms with E-state index in [2.05, 4.69) is 51.9 Å². The number of nitrogens with zero attached hydrogens (tertiary/aromatic N) is 2. The summed E-state index contributed by atoms with van der Waals surface area (Å²) >= 11 is 1.34. The molecule has 2 N–H and O–H groups in total. The van der Waals surface area contributed by atoms with Gasteiger partial charge in [0.2, 0.25) is 5.71 Å². The Balaban J connectivity index is 1.57. The molecule has 35 heavy (non-hydrogen) atoms. The molecule has 1 aliphatic rings. The molecule has 1 saturated carbocycles. The number of aromatic nitrogens is 1. The van der Waals surface area contributed by atoms with Crippen molar-refractivity contribution in [2.75, 3.05) is 11.9 Å². The predicted octanol–water partition coefficient (Wildman–Crippen LogP) is 5.76. The summed E-state index contributed by atoms with van der Waals surface area (Å²) < 4.78 is 0. The molecule has 6 nitrogen and oxygen atoms in total. The number of hydrogen-bond acceptors (Lipinski definition) is 6. The highest BCUT2D eigenvalue weighted by Crippen LogP contribution is 2.40. The van der Waals surface area contributed by atoms with E-state index in [1.165, 1.54) is 11.3 Å². The Labute approximate surface area is 207 Å². The molecule has 0 aliphatic heterocycles.